The molecule has 22 heavy (non-hydrogen) atoms. The summed E-state index contributed by atoms with van der Waals surface area (Å²) < 4.78 is 5.69. The molecule has 0 atom stereocenters. The number of nitrogens with one attached hydrogen (secondary N) is 1. The molecule has 2 rings (SSSR count). The Balaban J connectivity index is 0.00000242. The molecule has 0 bridgehead atoms. The topological polar surface area (TPSA) is 40.1 Å². The third kappa shape index (κ3) is 6.39. The van der Waals surface area contributed by atoms with Gasteiger partial charge in [-0.05, 0) is 38.2 Å². The highest BCUT2D eigenvalue weighted by atomic mass is 127. The Bertz CT molecular complexity index is 462. The van der Waals surface area contributed by atoms with Gasteiger partial charge in [-0.1, -0.05) is 12.1 Å². The molecule has 1 heterocycles. The van der Waals surface area contributed by atoms with E-state index in [1.165, 1.54) is 5.56 Å². The third-order valence-corrected chi connectivity index (χ3v) is 3.49. The van der Waals surface area contributed by atoms with Crippen LogP contribution in [0.3, 0.4) is 0 Å². The molecule has 0 radical (unpaired) electrons. The molecule has 5 nitrogen and oxygen atoms in total. The summed E-state index contributed by atoms with van der Waals surface area (Å²) >= 11 is 0. The standard InChI is InChI=1S/C16H26N4O.HI/c1-19(2)12-13-21-15-6-4-14(5-7-15)8-9-17-16-18-10-11-20(16)3;/h4-7H,8-13H2,1-3H3,(H,17,18);1H. The second-order valence-electron chi connectivity index (χ2n) is 5.60. The number of rotatable bonds is 7. The van der Waals surface area contributed by atoms with E-state index in [0.717, 1.165) is 50.9 Å². The van der Waals surface area contributed by atoms with Crippen LogP contribution in [0, 0.1) is 0 Å². The van der Waals surface area contributed by atoms with Crippen LogP contribution in [0.4, 0.5) is 0 Å². The lowest BCUT2D eigenvalue weighted by atomic mass is 10.1. The van der Waals surface area contributed by atoms with Crippen molar-refractivity contribution in [2.24, 2.45) is 4.99 Å². The lowest BCUT2D eigenvalue weighted by Gasteiger charge is -2.15. The predicted molar refractivity (Wildman–Crippen MR) is 103 cm³/mol. The first kappa shape index (κ1) is 19.0. The summed E-state index contributed by atoms with van der Waals surface area (Å²) in [5, 5.41) is 3.38. The Morgan fingerprint density at radius 3 is 2.59 bits per heavy atom. The van der Waals surface area contributed by atoms with Crippen molar-refractivity contribution < 1.29 is 4.74 Å². The van der Waals surface area contributed by atoms with Crippen LogP contribution in [0.2, 0.25) is 0 Å². The fourth-order valence-electron chi connectivity index (χ4n) is 2.14. The van der Waals surface area contributed by atoms with Crippen molar-refractivity contribution in [1.82, 2.24) is 15.1 Å². The molecule has 1 aromatic carbocycles. The Labute approximate surface area is 150 Å². The quantitative estimate of drug-likeness (QED) is 0.685. The number of aliphatic imine (C=N–C) groups is 1. The molecule has 0 amide bonds. The Morgan fingerprint density at radius 1 is 1.27 bits per heavy atom. The molecule has 0 saturated carbocycles. The zero-order valence-corrected chi connectivity index (χ0v) is 16.0. The van der Waals surface area contributed by atoms with Crippen LogP contribution in [0.1, 0.15) is 5.56 Å². The Hall–Kier alpha value is -1.02. The molecular formula is C16H27IN4O. The molecule has 1 aliphatic heterocycles. The predicted octanol–water partition coefficient (Wildman–Crippen LogP) is 1.68. The Morgan fingerprint density at radius 2 is 2.00 bits per heavy atom. The molecule has 0 saturated heterocycles. The number of nitrogens with zero attached hydrogens (tertiary/aromatic N) is 3. The first-order valence-electron chi connectivity index (χ1n) is 7.51. The lowest BCUT2D eigenvalue weighted by Crippen LogP contribution is -2.36. The van der Waals surface area contributed by atoms with E-state index in [-0.39, 0.29) is 24.0 Å². The lowest BCUT2D eigenvalue weighted by molar-refractivity contribution is 0.261. The van der Waals surface area contributed by atoms with Gasteiger partial charge in [0.15, 0.2) is 5.96 Å². The van der Waals surface area contributed by atoms with Crippen molar-refractivity contribution in [1.29, 1.82) is 0 Å². The van der Waals surface area contributed by atoms with Crippen LogP contribution >= 0.6 is 24.0 Å². The second-order valence-corrected chi connectivity index (χ2v) is 5.60. The van der Waals surface area contributed by atoms with E-state index in [4.69, 9.17) is 4.74 Å². The third-order valence-electron chi connectivity index (χ3n) is 3.49. The molecule has 124 valence electrons. The van der Waals surface area contributed by atoms with Gasteiger partial charge in [0.1, 0.15) is 12.4 Å². The normalized spacial score (nSPS) is 13.8. The SMILES string of the molecule is CN(C)CCOc1ccc(CCNC2=NCCN2C)cc1.I. The Kier molecular flexibility index (Phi) is 8.55. The van der Waals surface area contributed by atoms with Gasteiger partial charge < -0.3 is 19.9 Å². The number of guanidine groups is 1. The van der Waals surface area contributed by atoms with E-state index in [1.807, 2.05) is 26.2 Å². The van der Waals surface area contributed by atoms with Crippen LogP contribution in [-0.2, 0) is 6.42 Å². The fourth-order valence-corrected chi connectivity index (χ4v) is 2.14. The maximum Gasteiger partial charge on any atom is 0.193 e. The number of benzene rings is 1. The summed E-state index contributed by atoms with van der Waals surface area (Å²) in [6.07, 6.45) is 0.991. The molecule has 1 aliphatic rings. The fraction of sp³-hybridized carbons (Fsp3) is 0.562. The number of hydrogen-bond acceptors (Lipinski definition) is 5. The van der Waals surface area contributed by atoms with E-state index < -0.39 is 0 Å². The smallest absolute Gasteiger partial charge is 0.193 e. The number of likely N-dealkylation sites (N-methyl/N-ethyl adjacent to an activating group) is 2. The highest BCUT2D eigenvalue weighted by Gasteiger charge is 2.10. The zero-order valence-electron chi connectivity index (χ0n) is 13.7. The highest BCUT2D eigenvalue weighted by Crippen LogP contribution is 2.12. The summed E-state index contributed by atoms with van der Waals surface area (Å²) in [7, 11) is 6.16. The van der Waals surface area contributed by atoms with Crippen molar-refractivity contribution in [3.05, 3.63) is 29.8 Å². The highest BCUT2D eigenvalue weighted by molar-refractivity contribution is 14.0. The largest absolute Gasteiger partial charge is 0.492 e. The summed E-state index contributed by atoms with van der Waals surface area (Å²) in [5.74, 6) is 1.95. The summed E-state index contributed by atoms with van der Waals surface area (Å²) in [5.41, 5.74) is 1.31. The number of halogens is 1. The van der Waals surface area contributed by atoms with Crippen molar-refractivity contribution >= 4 is 29.9 Å². The molecule has 0 spiro atoms. The van der Waals surface area contributed by atoms with Crippen molar-refractivity contribution in [2.75, 3.05) is 53.9 Å². The van der Waals surface area contributed by atoms with E-state index in [2.05, 4.69) is 39.3 Å². The van der Waals surface area contributed by atoms with Crippen LogP contribution in [0.5, 0.6) is 5.75 Å². The van der Waals surface area contributed by atoms with Crippen molar-refractivity contribution in [3.8, 4) is 5.75 Å². The number of ether oxygens (including phenoxy) is 1. The van der Waals surface area contributed by atoms with E-state index >= 15 is 0 Å². The van der Waals surface area contributed by atoms with Crippen LogP contribution in [-0.4, -0.2) is 69.7 Å². The first-order valence-corrected chi connectivity index (χ1v) is 7.51. The van der Waals surface area contributed by atoms with Gasteiger partial charge in [-0.15, -0.1) is 24.0 Å². The molecular weight excluding hydrogens is 391 g/mol. The van der Waals surface area contributed by atoms with E-state index in [9.17, 15) is 0 Å². The molecule has 0 unspecified atom stereocenters. The maximum absolute atomic E-state index is 5.69. The minimum Gasteiger partial charge on any atom is -0.492 e. The molecule has 0 fully saturated rings. The first-order chi connectivity index (χ1) is 10.1. The van der Waals surface area contributed by atoms with Gasteiger partial charge in [-0.3, -0.25) is 4.99 Å². The minimum absolute atomic E-state index is 0. The average Bonchev–Trinajstić information content (AvgIpc) is 2.86. The van der Waals surface area contributed by atoms with Crippen LogP contribution in [0.25, 0.3) is 0 Å². The summed E-state index contributed by atoms with van der Waals surface area (Å²) in [4.78, 5) is 8.69. The van der Waals surface area contributed by atoms with Gasteiger partial charge in [0.05, 0.1) is 6.54 Å². The molecule has 0 aromatic heterocycles. The zero-order chi connectivity index (χ0) is 15.1. The maximum atomic E-state index is 5.69. The van der Waals surface area contributed by atoms with E-state index in [0.29, 0.717) is 0 Å². The van der Waals surface area contributed by atoms with Gasteiger partial charge in [0.2, 0.25) is 0 Å². The second kappa shape index (κ2) is 9.89. The summed E-state index contributed by atoms with van der Waals surface area (Å²) in [6, 6.07) is 8.36. The summed E-state index contributed by atoms with van der Waals surface area (Å²) in [6.45, 7) is 4.48. The monoisotopic (exact) mass is 418 g/mol. The van der Waals surface area contributed by atoms with Gasteiger partial charge in [0, 0.05) is 26.7 Å². The van der Waals surface area contributed by atoms with Crippen molar-refractivity contribution in [3.63, 3.8) is 0 Å². The van der Waals surface area contributed by atoms with Gasteiger partial charge >= 0.3 is 0 Å². The van der Waals surface area contributed by atoms with E-state index in [1.54, 1.807) is 0 Å². The van der Waals surface area contributed by atoms with Gasteiger partial charge in [-0.2, -0.15) is 0 Å². The van der Waals surface area contributed by atoms with Crippen molar-refractivity contribution in [2.45, 2.75) is 6.42 Å². The van der Waals surface area contributed by atoms with Gasteiger partial charge in [0.25, 0.3) is 0 Å². The van der Waals surface area contributed by atoms with Crippen LogP contribution < -0.4 is 10.1 Å². The molecule has 0 aliphatic carbocycles. The number of hydrogen-bond donors (Lipinski definition) is 1. The molecule has 1 aromatic rings. The van der Waals surface area contributed by atoms with Crippen LogP contribution in [0.15, 0.2) is 29.3 Å². The van der Waals surface area contributed by atoms with Gasteiger partial charge in [-0.25, -0.2) is 0 Å². The molecule has 6 heteroatoms. The molecule has 1 N–H and O–H groups in total. The average molecular weight is 418 g/mol. The minimum atomic E-state index is 0.